The number of likely N-dealkylation sites (N-methyl/N-ethyl adjacent to an activating group) is 1. The van der Waals surface area contributed by atoms with E-state index in [0.29, 0.717) is 31.6 Å². The molecule has 2 fully saturated rings. The molecule has 1 aromatic heterocycles. The van der Waals surface area contributed by atoms with Crippen LogP contribution in [0.3, 0.4) is 0 Å². The summed E-state index contributed by atoms with van der Waals surface area (Å²) in [6, 6.07) is 1.94. The Morgan fingerprint density at radius 2 is 1.82 bits per heavy atom. The second-order valence-corrected chi connectivity index (χ2v) is 12.7. The molecule has 2 aromatic rings. The minimum absolute atomic E-state index is 0.00351. The first kappa shape index (κ1) is 37.5. The maximum atomic E-state index is 15.7. The third kappa shape index (κ3) is 9.23. The van der Waals surface area contributed by atoms with E-state index in [1.54, 1.807) is 24.8 Å². The lowest BCUT2D eigenvalue weighted by Gasteiger charge is -2.40. The van der Waals surface area contributed by atoms with Gasteiger partial charge in [0.1, 0.15) is 30.2 Å². The number of benzene rings is 1. The largest absolute Gasteiger partial charge is 0.375 e. The molecular formula is C33H44F3N7O6. The Labute approximate surface area is 282 Å². The molecule has 2 heterocycles. The third-order valence-electron chi connectivity index (χ3n) is 9.45. The van der Waals surface area contributed by atoms with Gasteiger partial charge in [0.05, 0.1) is 5.69 Å². The highest BCUT2D eigenvalue weighted by atomic mass is 19.3. The fraction of sp³-hybridized carbons (Fsp3) is 0.576. The first-order chi connectivity index (χ1) is 23.3. The van der Waals surface area contributed by atoms with Crippen molar-refractivity contribution < 1.29 is 41.7 Å². The van der Waals surface area contributed by atoms with Crippen molar-refractivity contribution in [2.75, 3.05) is 45.7 Å². The van der Waals surface area contributed by atoms with E-state index in [-0.39, 0.29) is 66.9 Å². The molecule has 13 nitrogen and oxygen atoms in total. The Kier molecular flexibility index (Phi) is 12.9. The fourth-order valence-electron chi connectivity index (χ4n) is 6.24. The SMILES string of the molecule is CCc1nonc1C(=O)NC(C(=O)Nc1ccc([C@H](C)[C@@H](NC(=O)COC)C(=O)N2CCN(C)[C@H](C)C2)cc1F)C1CCC(=C(F)F)CC1. The van der Waals surface area contributed by atoms with Gasteiger partial charge in [0.15, 0.2) is 5.69 Å². The topological polar surface area (TPSA) is 159 Å². The molecule has 1 saturated carbocycles. The number of halogens is 3. The molecular weight excluding hydrogens is 647 g/mol. The van der Waals surface area contributed by atoms with Crippen molar-refractivity contribution in [3.05, 3.63) is 52.6 Å². The zero-order valence-corrected chi connectivity index (χ0v) is 28.4. The number of nitrogens with zero attached hydrogens (tertiary/aromatic N) is 4. The number of hydrogen-bond donors (Lipinski definition) is 3. The molecule has 268 valence electrons. The van der Waals surface area contributed by atoms with Gasteiger partial charge in [0.25, 0.3) is 12.0 Å². The summed E-state index contributed by atoms with van der Waals surface area (Å²) < 4.78 is 51.8. The van der Waals surface area contributed by atoms with E-state index in [4.69, 9.17) is 4.74 Å². The minimum atomic E-state index is -1.75. The van der Waals surface area contributed by atoms with Gasteiger partial charge in [-0.25, -0.2) is 9.02 Å². The monoisotopic (exact) mass is 691 g/mol. The Morgan fingerprint density at radius 3 is 2.43 bits per heavy atom. The molecule has 4 rings (SSSR count). The highest BCUT2D eigenvalue weighted by Crippen LogP contribution is 2.34. The zero-order valence-electron chi connectivity index (χ0n) is 28.4. The maximum absolute atomic E-state index is 15.7. The van der Waals surface area contributed by atoms with Crippen molar-refractivity contribution in [3.8, 4) is 0 Å². The number of aromatic nitrogens is 2. The Morgan fingerprint density at radius 1 is 1.10 bits per heavy atom. The highest BCUT2D eigenvalue weighted by Gasteiger charge is 2.36. The van der Waals surface area contributed by atoms with Crippen molar-refractivity contribution in [1.82, 2.24) is 30.7 Å². The van der Waals surface area contributed by atoms with Crippen LogP contribution in [0.2, 0.25) is 0 Å². The van der Waals surface area contributed by atoms with Gasteiger partial charge in [-0.15, -0.1) is 0 Å². The number of piperazine rings is 1. The predicted molar refractivity (Wildman–Crippen MR) is 172 cm³/mol. The number of anilines is 1. The summed E-state index contributed by atoms with van der Waals surface area (Å²) in [7, 11) is 3.33. The number of carbonyl (C=O) groups is 4. The summed E-state index contributed by atoms with van der Waals surface area (Å²) in [5, 5.41) is 15.2. The lowest BCUT2D eigenvalue weighted by Crippen LogP contribution is -2.58. The molecule has 1 aliphatic heterocycles. The quantitative estimate of drug-likeness (QED) is 0.304. The molecule has 1 aromatic carbocycles. The molecule has 1 saturated heterocycles. The minimum Gasteiger partial charge on any atom is -0.375 e. The standard InChI is InChI=1S/C33H44F3N7O6/c1-6-24-29(41-49-40-24)32(46)39-28(20-7-9-21(10-8-20)30(35)36)31(45)37-25-12-11-22(15-23(25)34)19(3)27(38-26(44)17-48-5)33(47)43-14-13-42(4)18(2)16-43/h11-12,15,18-20,27-28H,6-10,13-14,16-17H2,1-5H3,(H,37,45)(H,38,44)(H,39,46)/t18-,19+,27-,28?/m1/s1. The van der Waals surface area contributed by atoms with Crippen molar-refractivity contribution in [1.29, 1.82) is 0 Å². The van der Waals surface area contributed by atoms with Crippen LogP contribution in [0.4, 0.5) is 18.9 Å². The van der Waals surface area contributed by atoms with E-state index in [1.807, 2.05) is 14.0 Å². The van der Waals surface area contributed by atoms with Crippen LogP contribution in [0.5, 0.6) is 0 Å². The Balaban J connectivity index is 1.54. The number of ether oxygens (including phenoxy) is 1. The number of hydrogen-bond acceptors (Lipinski definition) is 9. The highest BCUT2D eigenvalue weighted by molar-refractivity contribution is 6.01. The summed E-state index contributed by atoms with van der Waals surface area (Å²) in [5.41, 5.74) is 0.373. The molecule has 0 radical (unpaired) electrons. The molecule has 4 atom stereocenters. The third-order valence-corrected chi connectivity index (χ3v) is 9.45. The zero-order chi connectivity index (χ0) is 35.8. The Hall–Kier alpha value is -4.31. The average Bonchev–Trinajstić information content (AvgIpc) is 3.57. The molecule has 1 unspecified atom stereocenters. The number of allylic oxidation sites excluding steroid dienone is 1. The van der Waals surface area contributed by atoms with Crippen LogP contribution in [0.1, 0.15) is 74.1 Å². The number of nitrogens with one attached hydrogen (secondary N) is 3. The van der Waals surface area contributed by atoms with Crippen LogP contribution >= 0.6 is 0 Å². The number of carbonyl (C=O) groups excluding carboxylic acids is 4. The summed E-state index contributed by atoms with van der Waals surface area (Å²) in [5.74, 6) is -4.29. The van der Waals surface area contributed by atoms with E-state index in [1.165, 1.54) is 19.2 Å². The first-order valence-corrected chi connectivity index (χ1v) is 16.4. The predicted octanol–water partition coefficient (Wildman–Crippen LogP) is 3.25. The van der Waals surface area contributed by atoms with E-state index in [0.717, 1.165) is 0 Å². The molecule has 0 bridgehead atoms. The summed E-state index contributed by atoms with van der Waals surface area (Å²) in [4.78, 5) is 56.8. The summed E-state index contributed by atoms with van der Waals surface area (Å²) >= 11 is 0. The van der Waals surface area contributed by atoms with Gasteiger partial charge in [-0.3, -0.25) is 19.2 Å². The van der Waals surface area contributed by atoms with Crippen molar-refractivity contribution in [3.63, 3.8) is 0 Å². The van der Waals surface area contributed by atoms with Gasteiger partial charge < -0.3 is 30.5 Å². The molecule has 1 aliphatic carbocycles. The first-order valence-electron chi connectivity index (χ1n) is 16.4. The second-order valence-electron chi connectivity index (χ2n) is 12.7. The van der Waals surface area contributed by atoms with Crippen LogP contribution in [-0.4, -0.2) is 102 Å². The number of rotatable bonds is 12. The van der Waals surface area contributed by atoms with Crippen molar-refractivity contribution in [2.45, 2.75) is 76.9 Å². The van der Waals surface area contributed by atoms with E-state index >= 15 is 4.39 Å². The van der Waals surface area contributed by atoms with Crippen LogP contribution in [0, 0.1) is 11.7 Å². The van der Waals surface area contributed by atoms with Gasteiger partial charge >= 0.3 is 0 Å². The van der Waals surface area contributed by atoms with Gasteiger partial charge in [-0.2, -0.15) is 8.78 Å². The molecule has 4 amide bonds. The molecule has 0 spiro atoms. The van der Waals surface area contributed by atoms with Crippen LogP contribution in [-0.2, 0) is 25.5 Å². The fourth-order valence-corrected chi connectivity index (χ4v) is 6.24. The van der Waals surface area contributed by atoms with Crippen LogP contribution in [0.15, 0.2) is 34.5 Å². The van der Waals surface area contributed by atoms with E-state index < -0.39 is 53.5 Å². The number of methoxy groups -OCH3 is 1. The summed E-state index contributed by atoms with van der Waals surface area (Å²) in [6.07, 6.45) is -0.929. The Bertz CT molecular complexity index is 1540. The van der Waals surface area contributed by atoms with Gasteiger partial charge in [-0.05, 0) is 80.4 Å². The summed E-state index contributed by atoms with van der Waals surface area (Å²) in [6.45, 7) is 6.76. The number of aryl methyl sites for hydroxylation is 1. The van der Waals surface area contributed by atoms with E-state index in [2.05, 4.69) is 35.8 Å². The van der Waals surface area contributed by atoms with Gasteiger partial charge in [0, 0.05) is 38.7 Å². The average molecular weight is 692 g/mol. The van der Waals surface area contributed by atoms with Crippen LogP contribution < -0.4 is 16.0 Å². The molecule has 3 N–H and O–H groups in total. The van der Waals surface area contributed by atoms with Crippen molar-refractivity contribution >= 4 is 29.3 Å². The smallest absolute Gasteiger partial charge is 0.276 e. The maximum Gasteiger partial charge on any atom is 0.276 e. The second kappa shape index (κ2) is 16.9. The molecule has 49 heavy (non-hydrogen) atoms. The van der Waals surface area contributed by atoms with Crippen molar-refractivity contribution in [2.24, 2.45) is 5.92 Å². The van der Waals surface area contributed by atoms with Crippen LogP contribution in [0.25, 0.3) is 0 Å². The normalized spacial score (nSPS) is 20.2. The lowest BCUT2D eigenvalue weighted by molar-refractivity contribution is -0.140. The molecule has 16 heteroatoms. The number of amides is 4. The lowest BCUT2D eigenvalue weighted by atomic mass is 9.81. The molecule has 2 aliphatic rings. The van der Waals surface area contributed by atoms with Gasteiger partial charge in [-0.1, -0.05) is 25.1 Å². The van der Waals surface area contributed by atoms with Gasteiger partial charge in [0.2, 0.25) is 17.7 Å². The van der Waals surface area contributed by atoms with E-state index in [9.17, 15) is 28.0 Å².